The molecule has 0 spiro atoms. The van der Waals surface area contributed by atoms with E-state index in [0.717, 1.165) is 13.8 Å². The lowest BCUT2D eigenvalue weighted by Crippen LogP contribution is -2.38. The molecule has 2 amide bonds. The van der Waals surface area contributed by atoms with Crippen molar-refractivity contribution in [2.45, 2.75) is 18.7 Å². The maximum Gasteiger partial charge on any atom is 0.273 e. The van der Waals surface area contributed by atoms with Crippen LogP contribution in [0.5, 0.6) is 0 Å². The first-order valence-corrected chi connectivity index (χ1v) is 8.67. The van der Waals surface area contributed by atoms with Gasteiger partial charge in [-0.05, 0) is 24.3 Å². The highest BCUT2D eigenvalue weighted by molar-refractivity contribution is 7.90. The van der Waals surface area contributed by atoms with E-state index in [-0.39, 0.29) is 9.20 Å². The Morgan fingerprint density at radius 1 is 1.08 bits per heavy atom. The summed E-state index contributed by atoms with van der Waals surface area (Å²) in [6.45, 7) is 4.49. The average molecular weight is 354 g/mol. The van der Waals surface area contributed by atoms with Gasteiger partial charge in [0.05, 0.1) is 36.9 Å². The van der Waals surface area contributed by atoms with Gasteiger partial charge in [-0.15, -0.1) is 5.11 Å². The highest BCUT2D eigenvalue weighted by Gasteiger charge is 2.30. The summed E-state index contributed by atoms with van der Waals surface area (Å²) < 4.78 is 30.1. The van der Waals surface area contributed by atoms with E-state index in [4.69, 9.17) is 4.74 Å². The maximum atomic E-state index is 12.3. The Hall–Kier alpha value is -2.33. The minimum Gasteiger partial charge on any atom is -0.378 e. The number of nitrogens with zero attached hydrogens (tertiary/aromatic N) is 4. The van der Waals surface area contributed by atoms with Gasteiger partial charge >= 0.3 is 0 Å². The van der Waals surface area contributed by atoms with Crippen LogP contribution in [0.4, 0.5) is 5.69 Å². The smallest absolute Gasteiger partial charge is 0.273 e. The Morgan fingerprint density at radius 3 is 2.12 bits per heavy atom. The quantitative estimate of drug-likeness (QED) is 0.749. The largest absolute Gasteiger partial charge is 0.378 e. The van der Waals surface area contributed by atoms with Gasteiger partial charge in [0, 0.05) is 13.8 Å². The third-order valence-corrected chi connectivity index (χ3v) is 5.08. The summed E-state index contributed by atoms with van der Waals surface area (Å²) in [6, 6.07) is 5.47. The normalized spacial score (nSPS) is 15.5. The van der Waals surface area contributed by atoms with Crippen LogP contribution in [0.3, 0.4) is 0 Å². The molecule has 1 aromatic carbocycles. The zero-order valence-electron chi connectivity index (χ0n) is 13.4. The number of amides is 2. The van der Waals surface area contributed by atoms with Crippen molar-refractivity contribution in [3.63, 3.8) is 0 Å². The van der Waals surface area contributed by atoms with E-state index < -0.39 is 21.8 Å². The number of rotatable bonds is 4. The number of carbonyl (C=O) groups is 2. The minimum atomic E-state index is -4.22. The zero-order valence-corrected chi connectivity index (χ0v) is 14.2. The van der Waals surface area contributed by atoms with Crippen molar-refractivity contribution in [1.29, 1.82) is 0 Å². The molecule has 1 aliphatic heterocycles. The third-order valence-electron chi connectivity index (χ3n) is 3.22. The van der Waals surface area contributed by atoms with E-state index in [9.17, 15) is 18.0 Å². The third kappa shape index (κ3) is 4.15. The SMILES string of the molecule is CC(=O)N(C(C)=O)S(=O)(=O)c1ccc(N=NN2CCOCC2)cc1. The molecule has 10 heteroatoms. The Kier molecular flexibility index (Phi) is 5.62. The van der Waals surface area contributed by atoms with E-state index in [1.54, 1.807) is 5.01 Å². The zero-order chi connectivity index (χ0) is 17.7. The van der Waals surface area contributed by atoms with E-state index in [2.05, 4.69) is 10.3 Å². The van der Waals surface area contributed by atoms with Crippen LogP contribution >= 0.6 is 0 Å². The Balaban J connectivity index is 2.17. The summed E-state index contributed by atoms with van der Waals surface area (Å²) >= 11 is 0. The van der Waals surface area contributed by atoms with Crippen LogP contribution in [-0.2, 0) is 24.3 Å². The van der Waals surface area contributed by atoms with Gasteiger partial charge in [-0.2, -0.15) is 4.31 Å². The second-order valence-corrected chi connectivity index (χ2v) is 6.84. The Bertz CT molecular complexity index is 725. The average Bonchev–Trinajstić information content (AvgIpc) is 2.53. The number of hydrogen-bond donors (Lipinski definition) is 0. The predicted octanol–water partition coefficient (Wildman–Crippen LogP) is 1.10. The number of carbonyl (C=O) groups excluding carboxylic acids is 2. The number of sulfonamides is 1. The molecular formula is C14H18N4O5S. The van der Waals surface area contributed by atoms with Crippen molar-refractivity contribution in [1.82, 2.24) is 9.31 Å². The summed E-state index contributed by atoms with van der Waals surface area (Å²) in [6.07, 6.45) is 0. The van der Waals surface area contributed by atoms with Crippen molar-refractivity contribution < 1.29 is 22.7 Å². The molecule has 0 bridgehead atoms. The first kappa shape index (κ1) is 18.0. The Morgan fingerprint density at radius 2 is 1.62 bits per heavy atom. The molecule has 1 aliphatic rings. The van der Waals surface area contributed by atoms with Crippen LogP contribution in [0.15, 0.2) is 39.5 Å². The lowest BCUT2D eigenvalue weighted by molar-refractivity contribution is -0.135. The standard InChI is InChI=1S/C14H18N4O5S/c1-11(19)18(12(2)20)24(21,22)14-5-3-13(4-6-14)15-16-17-7-9-23-10-8-17/h3-6H,7-10H2,1-2H3. The van der Waals surface area contributed by atoms with Crippen LogP contribution in [0.25, 0.3) is 0 Å². The number of hydrogen-bond acceptors (Lipinski definition) is 7. The lowest BCUT2D eigenvalue weighted by atomic mass is 10.3. The van der Waals surface area contributed by atoms with Crippen molar-refractivity contribution >= 4 is 27.5 Å². The Labute approximate surface area is 139 Å². The maximum absolute atomic E-state index is 12.3. The van der Waals surface area contributed by atoms with Crippen molar-refractivity contribution in [3.05, 3.63) is 24.3 Å². The van der Waals surface area contributed by atoms with Crippen LogP contribution in [0, 0.1) is 0 Å². The summed E-state index contributed by atoms with van der Waals surface area (Å²) in [7, 11) is -4.22. The number of ether oxygens (including phenoxy) is 1. The molecule has 1 saturated heterocycles. The van der Waals surface area contributed by atoms with Gasteiger partial charge in [0.25, 0.3) is 10.0 Å². The second kappa shape index (κ2) is 7.49. The monoisotopic (exact) mass is 354 g/mol. The molecule has 1 aromatic rings. The van der Waals surface area contributed by atoms with Gasteiger partial charge in [-0.25, -0.2) is 8.42 Å². The van der Waals surface area contributed by atoms with E-state index in [1.165, 1.54) is 24.3 Å². The molecule has 0 aliphatic carbocycles. The van der Waals surface area contributed by atoms with Gasteiger partial charge in [0.1, 0.15) is 0 Å². The minimum absolute atomic E-state index is 0.168. The molecule has 9 nitrogen and oxygen atoms in total. The van der Waals surface area contributed by atoms with Gasteiger partial charge in [0.2, 0.25) is 11.8 Å². The highest BCUT2D eigenvalue weighted by atomic mass is 32.2. The van der Waals surface area contributed by atoms with Gasteiger partial charge in [0.15, 0.2) is 0 Å². The molecular weight excluding hydrogens is 336 g/mol. The predicted molar refractivity (Wildman–Crippen MR) is 83.7 cm³/mol. The molecule has 0 N–H and O–H groups in total. The molecule has 1 heterocycles. The number of benzene rings is 1. The van der Waals surface area contributed by atoms with Crippen LogP contribution < -0.4 is 0 Å². The van der Waals surface area contributed by atoms with Crippen molar-refractivity contribution in [2.75, 3.05) is 26.3 Å². The first-order valence-electron chi connectivity index (χ1n) is 7.23. The molecule has 2 rings (SSSR count). The summed E-state index contributed by atoms with van der Waals surface area (Å²) in [5, 5.41) is 9.82. The van der Waals surface area contributed by atoms with Crippen molar-refractivity contribution in [2.24, 2.45) is 10.3 Å². The van der Waals surface area contributed by atoms with Crippen molar-refractivity contribution in [3.8, 4) is 0 Å². The fraction of sp³-hybridized carbons (Fsp3) is 0.429. The molecule has 0 saturated carbocycles. The van der Waals surface area contributed by atoms with Crippen LogP contribution in [0.1, 0.15) is 13.8 Å². The molecule has 0 aromatic heterocycles. The summed E-state index contributed by atoms with van der Waals surface area (Å²) in [5.74, 6) is -1.72. The van der Waals surface area contributed by atoms with Gasteiger partial charge in [-0.3, -0.25) is 14.6 Å². The van der Waals surface area contributed by atoms with E-state index in [1.807, 2.05) is 0 Å². The molecule has 0 unspecified atom stereocenters. The van der Waals surface area contributed by atoms with E-state index in [0.29, 0.717) is 32.0 Å². The summed E-state index contributed by atoms with van der Waals surface area (Å²) in [4.78, 5) is 22.7. The summed E-state index contributed by atoms with van der Waals surface area (Å²) in [5.41, 5.74) is 0.456. The van der Waals surface area contributed by atoms with Gasteiger partial charge < -0.3 is 4.74 Å². The molecule has 24 heavy (non-hydrogen) atoms. The topological polar surface area (TPSA) is 109 Å². The van der Waals surface area contributed by atoms with Crippen LogP contribution in [0.2, 0.25) is 0 Å². The van der Waals surface area contributed by atoms with Gasteiger partial charge in [-0.1, -0.05) is 5.22 Å². The number of morpholine rings is 1. The molecule has 130 valence electrons. The highest BCUT2D eigenvalue weighted by Crippen LogP contribution is 2.21. The fourth-order valence-electron chi connectivity index (χ4n) is 2.11. The molecule has 0 atom stereocenters. The number of imide groups is 1. The lowest BCUT2D eigenvalue weighted by Gasteiger charge is -2.22. The fourth-order valence-corrected chi connectivity index (χ4v) is 3.48. The van der Waals surface area contributed by atoms with E-state index >= 15 is 0 Å². The van der Waals surface area contributed by atoms with Crippen LogP contribution in [-0.4, -0.2) is 55.8 Å². The molecule has 0 radical (unpaired) electrons. The molecule has 1 fully saturated rings. The first-order chi connectivity index (χ1) is 11.3. The second-order valence-electron chi connectivity index (χ2n) is 5.06.